The molecule has 42 heavy (non-hydrogen) atoms. The monoisotopic (exact) mass is 560 g/mol. The van der Waals surface area contributed by atoms with Crippen LogP contribution in [0.2, 0.25) is 0 Å². The molecule has 0 amide bonds. The zero-order valence-corrected chi connectivity index (χ0v) is 23.1. The van der Waals surface area contributed by atoms with Gasteiger partial charge in [-0.05, 0) is 42.5 Å². The van der Waals surface area contributed by atoms with E-state index < -0.39 is 0 Å². The quantitative estimate of drug-likeness (QED) is 0.277. The van der Waals surface area contributed by atoms with Gasteiger partial charge in [-0.2, -0.15) is 0 Å². The molecule has 1 aromatic heterocycles. The van der Waals surface area contributed by atoms with Gasteiger partial charge in [0.15, 0.2) is 23.0 Å². The van der Waals surface area contributed by atoms with Crippen LogP contribution in [0.25, 0.3) is 22.2 Å². The second-order valence-corrected chi connectivity index (χ2v) is 10.6. The number of carbonyl (C=O) groups is 1. The molecular formula is C33H28N4O5. The van der Waals surface area contributed by atoms with Gasteiger partial charge in [0.05, 0.1) is 29.4 Å². The SMILES string of the molecule is COc1ccc(N2CCN(c3cc(Nc4ccc5c(c4)OCCO5)c4c5c(onc35)-c3ccccc3C4=O)CC2)cc1. The van der Waals surface area contributed by atoms with Crippen LogP contribution < -0.4 is 29.3 Å². The first-order chi connectivity index (χ1) is 20.7. The molecule has 3 heterocycles. The van der Waals surface area contributed by atoms with E-state index in [9.17, 15) is 4.79 Å². The molecule has 0 bridgehead atoms. The van der Waals surface area contributed by atoms with Gasteiger partial charge < -0.3 is 33.9 Å². The lowest BCUT2D eigenvalue weighted by molar-refractivity contribution is 0.104. The number of benzene rings is 4. The van der Waals surface area contributed by atoms with Crippen molar-refractivity contribution in [3.05, 3.63) is 83.9 Å². The molecule has 4 aromatic carbocycles. The van der Waals surface area contributed by atoms with Crippen molar-refractivity contribution in [1.29, 1.82) is 0 Å². The van der Waals surface area contributed by atoms with Gasteiger partial charge in [-0.1, -0.05) is 29.4 Å². The first-order valence-corrected chi connectivity index (χ1v) is 14.1. The number of hydrogen-bond acceptors (Lipinski definition) is 9. The summed E-state index contributed by atoms with van der Waals surface area (Å²) in [5.74, 6) is 2.81. The lowest BCUT2D eigenvalue weighted by atomic mass is 9.86. The molecule has 9 nitrogen and oxygen atoms in total. The molecule has 5 aromatic rings. The highest BCUT2D eigenvalue weighted by molar-refractivity contribution is 6.28. The molecule has 0 atom stereocenters. The van der Waals surface area contributed by atoms with Crippen molar-refractivity contribution in [2.24, 2.45) is 0 Å². The molecule has 3 aliphatic rings. The molecule has 0 unspecified atom stereocenters. The lowest BCUT2D eigenvalue weighted by Crippen LogP contribution is -2.46. The Labute approximate surface area is 242 Å². The number of nitrogens with zero attached hydrogens (tertiary/aromatic N) is 3. The minimum Gasteiger partial charge on any atom is -0.497 e. The number of ketones is 1. The standard InChI is InChI=1S/C33H28N4O5/c1-39-22-9-7-21(8-10-22)36-12-14-37(15-13-36)26-19-25(34-20-6-11-27-28(18-20)41-17-16-40-27)29-30-31(26)35-42-33(30)24-5-3-2-4-23(24)32(29)38/h2-11,18-19,34H,12-17H2,1H3. The fourth-order valence-corrected chi connectivity index (χ4v) is 6.16. The molecule has 1 saturated heterocycles. The highest BCUT2D eigenvalue weighted by Crippen LogP contribution is 2.47. The number of rotatable bonds is 5. The van der Waals surface area contributed by atoms with E-state index in [2.05, 4.69) is 32.4 Å². The number of carbonyl (C=O) groups excluding carboxylic acids is 1. The Kier molecular flexibility index (Phi) is 5.70. The molecule has 1 N–H and O–H groups in total. The van der Waals surface area contributed by atoms with Crippen LogP contribution in [0.15, 0.2) is 77.3 Å². The van der Waals surface area contributed by atoms with Gasteiger partial charge in [-0.15, -0.1) is 0 Å². The number of ether oxygens (including phenoxy) is 3. The number of aromatic nitrogens is 1. The number of methoxy groups -OCH3 is 1. The molecule has 9 heteroatoms. The zero-order chi connectivity index (χ0) is 28.2. The van der Waals surface area contributed by atoms with E-state index in [0.717, 1.165) is 59.9 Å². The van der Waals surface area contributed by atoms with Crippen LogP contribution in [0.3, 0.4) is 0 Å². The van der Waals surface area contributed by atoms with Crippen LogP contribution in [0.5, 0.6) is 17.2 Å². The summed E-state index contributed by atoms with van der Waals surface area (Å²) in [6.07, 6.45) is 0. The van der Waals surface area contributed by atoms with Crippen molar-refractivity contribution in [3.63, 3.8) is 0 Å². The predicted molar refractivity (Wildman–Crippen MR) is 161 cm³/mol. The van der Waals surface area contributed by atoms with E-state index in [1.807, 2.05) is 60.7 Å². The average molecular weight is 561 g/mol. The summed E-state index contributed by atoms with van der Waals surface area (Å²) in [6.45, 7) is 4.28. The Bertz CT molecular complexity index is 1840. The topological polar surface area (TPSA) is 89.3 Å². The number of nitrogens with one attached hydrogen (secondary N) is 1. The first-order valence-electron chi connectivity index (χ1n) is 14.1. The summed E-state index contributed by atoms with van der Waals surface area (Å²) in [7, 11) is 1.68. The Balaban J connectivity index is 1.20. The van der Waals surface area contributed by atoms with E-state index in [1.165, 1.54) is 0 Å². The fourth-order valence-electron chi connectivity index (χ4n) is 6.16. The van der Waals surface area contributed by atoms with Crippen LogP contribution in [0.1, 0.15) is 15.9 Å². The highest BCUT2D eigenvalue weighted by Gasteiger charge is 2.34. The van der Waals surface area contributed by atoms with Crippen LogP contribution in [0.4, 0.5) is 22.7 Å². The summed E-state index contributed by atoms with van der Waals surface area (Å²) in [6, 6.07) is 23.5. The van der Waals surface area contributed by atoms with Gasteiger partial charge in [0.25, 0.3) is 0 Å². The second kappa shape index (κ2) is 9.73. The van der Waals surface area contributed by atoms with E-state index in [4.69, 9.17) is 18.7 Å². The van der Waals surface area contributed by atoms with E-state index in [1.54, 1.807) is 7.11 Å². The molecule has 1 fully saturated rings. The summed E-state index contributed by atoms with van der Waals surface area (Å²) in [4.78, 5) is 18.7. The van der Waals surface area contributed by atoms with Crippen molar-refractivity contribution < 1.29 is 23.5 Å². The molecule has 1 aliphatic carbocycles. The third kappa shape index (κ3) is 3.92. The van der Waals surface area contributed by atoms with Crippen molar-refractivity contribution in [2.45, 2.75) is 0 Å². The van der Waals surface area contributed by atoms with Crippen LogP contribution in [-0.2, 0) is 0 Å². The Morgan fingerprint density at radius 2 is 1.57 bits per heavy atom. The minimum absolute atomic E-state index is 0.0535. The predicted octanol–water partition coefficient (Wildman–Crippen LogP) is 5.89. The molecular weight excluding hydrogens is 532 g/mol. The Morgan fingerprint density at radius 1 is 0.833 bits per heavy atom. The third-order valence-electron chi connectivity index (χ3n) is 8.26. The van der Waals surface area contributed by atoms with Gasteiger partial charge >= 0.3 is 0 Å². The number of fused-ring (bicyclic) bond motifs is 3. The van der Waals surface area contributed by atoms with E-state index in [-0.39, 0.29) is 5.78 Å². The van der Waals surface area contributed by atoms with Crippen molar-refractivity contribution in [1.82, 2.24) is 5.16 Å². The van der Waals surface area contributed by atoms with Crippen LogP contribution >= 0.6 is 0 Å². The maximum atomic E-state index is 14.0. The van der Waals surface area contributed by atoms with Gasteiger partial charge in [0.1, 0.15) is 24.5 Å². The first kappa shape index (κ1) is 24.6. The largest absolute Gasteiger partial charge is 0.497 e. The van der Waals surface area contributed by atoms with Gasteiger partial charge in [-0.3, -0.25) is 4.79 Å². The second-order valence-electron chi connectivity index (χ2n) is 10.6. The maximum absolute atomic E-state index is 14.0. The zero-order valence-electron chi connectivity index (χ0n) is 23.1. The third-order valence-corrected chi connectivity index (χ3v) is 8.26. The highest BCUT2D eigenvalue weighted by atomic mass is 16.6. The van der Waals surface area contributed by atoms with Crippen LogP contribution in [-0.4, -0.2) is 57.4 Å². The molecule has 8 rings (SSSR count). The van der Waals surface area contributed by atoms with Gasteiger partial charge in [-0.25, -0.2) is 0 Å². The smallest absolute Gasteiger partial charge is 0.196 e. The molecule has 0 radical (unpaired) electrons. The Hall–Kier alpha value is -5.18. The summed E-state index contributed by atoms with van der Waals surface area (Å²) >= 11 is 0. The van der Waals surface area contributed by atoms with E-state index in [0.29, 0.717) is 52.8 Å². The van der Waals surface area contributed by atoms with Gasteiger partial charge in [0, 0.05) is 54.7 Å². The molecule has 0 saturated carbocycles. The number of hydrogen-bond donors (Lipinski definition) is 1. The number of piperazine rings is 1. The lowest BCUT2D eigenvalue weighted by Gasteiger charge is -2.37. The normalized spacial score (nSPS) is 15.5. The van der Waals surface area contributed by atoms with Crippen molar-refractivity contribution in [2.75, 3.05) is 61.6 Å². The van der Waals surface area contributed by atoms with Crippen LogP contribution in [0, 0.1) is 0 Å². The summed E-state index contributed by atoms with van der Waals surface area (Å²) in [5, 5.41) is 8.81. The summed E-state index contributed by atoms with van der Waals surface area (Å²) in [5.41, 5.74) is 6.25. The molecule has 0 spiro atoms. The number of anilines is 4. The maximum Gasteiger partial charge on any atom is 0.196 e. The summed E-state index contributed by atoms with van der Waals surface area (Å²) < 4.78 is 22.8. The minimum atomic E-state index is -0.0535. The molecule has 210 valence electrons. The van der Waals surface area contributed by atoms with Crippen molar-refractivity contribution >= 4 is 39.4 Å². The van der Waals surface area contributed by atoms with Crippen molar-refractivity contribution in [3.8, 4) is 28.6 Å². The van der Waals surface area contributed by atoms with E-state index >= 15 is 0 Å². The average Bonchev–Trinajstić information content (AvgIpc) is 3.49. The molecule has 2 aliphatic heterocycles. The Morgan fingerprint density at radius 3 is 2.36 bits per heavy atom. The fraction of sp³-hybridized carbons (Fsp3) is 0.212. The van der Waals surface area contributed by atoms with Gasteiger partial charge in [0.2, 0.25) is 0 Å².